The van der Waals surface area contributed by atoms with Crippen LogP contribution in [0, 0.1) is 0 Å². The Bertz CT molecular complexity index is 445. The number of aromatic nitrogens is 5. The van der Waals surface area contributed by atoms with Gasteiger partial charge in [-0.3, -0.25) is 0 Å². The first-order valence-electron chi connectivity index (χ1n) is 3.73. The van der Waals surface area contributed by atoms with E-state index in [0.717, 1.165) is 0 Å². The SMILES string of the molecule is C=CCn1nnc2c(N)ncnc21. The molecular weight excluding hydrogens is 168 g/mol. The third-order valence-electron chi connectivity index (χ3n) is 1.63. The van der Waals surface area contributed by atoms with E-state index in [2.05, 4.69) is 26.9 Å². The largest absolute Gasteiger partial charge is 0.382 e. The Balaban J connectivity index is 2.67. The highest BCUT2D eigenvalue weighted by molar-refractivity contribution is 5.80. The maximum atomic E-state index is 5.57. The molecule has 0 atom stereocenters. The molecule has 2 heterocycles. The molecule has 66 valence electrons. The first-order chi connectivity index (χ1) is 6.33. The van der Waals surface area contributed by atoms with Crippen molar-refractivity contribution in [1.82, 2.24) is 25.0 Å². The number of nitrogens with two attached hydrogens (primary N) is 1. The van der Waals surface area contributed by atoms with Crippen LogP contribution in [0.2, 0.25) is 0 Å². The third kappa shape index (κ3) is 1.12. The minimum Gasteiger partial charge on any atom is -0.382 e. The standard InChI is InChI=1S/C7H8N6/c1-2-3-13-7-5(11-12-13)6(8)9-4-10-7/h2,4H,1,3H2,(H2,8,9,10). The molecule has 0 aliphatic carbocycles. The fourth-order valence-electron chi connectivity index (χ4n) is 1.05. The summed E-state index contributed by atoms with van der Waals surface area (Å²) in [5, 5.41) is 7.71. The van der Waals surface area contributed by atoms with Crippen LogP contribution in [-0.4, -0.2) is 25.0 Å². The quantitative estimate of drug-likeness (QED) is 0.650. The van der Waals surface area contributed by atoms with Crippen LogP contribution in [0.4, 0.5) is 5.82 Å². The third-order valence-corrected chi connectivity index (χ3v) is 1.63. The Kier molecular flexibility index (Phi) is 1.66. The van der Waals surface area contributed by atoms with Gasteiger partial charge in [0, 0.05) is 0 Å². The molecule has 2 N–H and O–H groups in total. The Morgan fingerprint density at radius 3 is 3.15 bits per heavy atom. The van der Waals surface area contributed by atoms with E-state index in [-0.39, 0.29) is 0 Å². The summed E-state index contributed by atoms with van der Waals surface area (Å²) in [6.45, 7) is 4.16. The molecule has 0 aromatic carbocycles. The molecule has 0 fully saturated rings. The van der Waals surface area contributed by atoms with Crippen molar-refractivity contribution in [2.45, 2.75) is 6.54 Å². The van der Waals surface area contributed by atoms with Gasteiger partial charge in [-0.1, -0.05) is 11.3 Å². The Hall–Kier alpha value is -1.98. The van der Waals surface area contributed by atoms with Crippen LogP contribution in [0.3, 0.4) is 0 Å². The van der Waals surface area contributed by atoms with Crippen molar-refractivity contribution in [1.29, 1.82) is 0 Å². The van der Waals surface area contributed by atoms with Gasteiger partial charge in [-0.2, -0.15) is 0 Å². The summed E-state index contributed by atoms with van der Waals surface area (Å²) in [6.07, 6.45) is 3.10. The van der Waals surface area contributed by atoms with Crippen molar-refractivity contribution in [3.05, 3.63) is 19.0 Å². The van der Waals surface area contributed by atoms with Crippen molar-refractivity contribution >= 4 is 17.0 Å². The van der Waals surface area contributed by atoms with Crippen LogP contribution < -0.4 is 5.73 Å². The first kappa shape index (κ1) is 7.66. The highest BCUT2D eigenvalue weighted by Crippen LogP contribution is 2.11. The van der Waals surface area contributed by atoms with Gasteiger partial charge in [0.1, 0.15) is 6.33 Å². The predicted molar refractivity (Wildman–Crippen MR) is 47.7 cm³/mol. The van der Waals surface area contributed by atoms with Gasteiger partial charge in [-0.25, -0.2) is 14.6 Å². The van der Waals surface area contributed by atoms with Crippen LogP contribution in [0.15, 0.2) is 19.0 Å². The second kappa shape index (κ2) is 2.81. The summed E-state index contributed by atoms with van der Waals surface area (Å²) in [6, 6.07) is 0. The van der Waals surface area contributed by atoms with Crippen molar-refractivity contribution < 1.29 is 0 Å². The number of rotatable bonds is 2. The second-order valence-corrected chi connectivity index (χ2v) is 2.49. The molecule has 2 rings (SSSR count). The van der Waals surface area contributed by atoms with Gasteiger partial charge in [0.05, 0.1) is 6.54 Å². The van der Waals surface area contributed by atoms with Crippen LogP contribution in [-0.2, 0) is 6.54 Å². The number of hydrogen-bond acceptors (Lipinski definition) is 5. The Morgan fingerprint density at radius 2 is 2.38 bits per heavy atom. The van der Waals surface area contributed by atoms with Gasteiger partial charge >= 0.3 is 0 Å². The highest BCUT2D eigenvalue weighted by Gasteiger charge is 2.07. The number of hydrogen-bond donors (Lipinski definition) is 1. The van der Waals surface area contributed by atoms with Crippen molar-refractivity contribution in [2.75, 3.05) is 5.73 Å². The summed E-state index contributed by atoms with van der Waals surface area (Å²) < 4.78 is 1.61. The summed E-state index contributed by atoms with van der Waals surface area (Å²) in [5.74, 6) is 0.348. The number of allylic oxidation sites excluding steroid dienone is 1. The fourth-order valence-corrected chi connectivity index (χ4v) is 1.05. The van der Waals surface area contributed by atoms with Crippen molar-refractivity contribution in [3.63, 3.8) is 0 Å². The molecule has 0 unspecified atom stereocenters. The molecule has 6 heteroatoms. The lowest BCUT2D eigenvalue weighted by Crippen LogP contribution is -1.99. The average molecular weight is 176 g/mol. The topological polar surface area (TPSA) is 82.5 Å². The molecule has 2 aromatic heterocycles. The van der Waals surface area contributed by atoms with E-state index < -0.39 is 0 Å². The maximum Gasteiger partial charge on any atom is 0.184 e. The zero-order valence-corrected chi connectivity index (χ0v) is 6.88. The Morgan fingerprint density at radius 1 is 1.54 bits per heavy atom. The number of nitrogens with zero attached hydrogens (tertiary/aromatic N) is 5. The lowest BCUT2D eigenvalue weighted by molar-refractivity contribution is 0.677. The highest BCUT2D eigenvalue weighted by atomic mass is 15.4. The van der Waals surface area contributed by atoms with E-state index in [4.69, 9.17) is 5.73 Å². The van der Waals surface area contributed by atoms with Gasteiger partial charge in [0.2, 0.25) is 0 Å². The zero-order valence-electron chi connectivity index (χ0n) is 6.88. The summed E-state index contributed by atoms with van der Waals surface area (Å²) in [4.78, 5) is 7.83. The molecule has 2 aromatic rings. The van der Waals surface area contributed by atoms with Crippen molar-refractivity contribution in [2.24, 2.45) is 0 Å². The van der Waals surface area contributed by atoms with E-state index in [1.807, 2.05) is 0 Å². The number of nitrogen functional groups attached to an aromatic ring is 1. The Labute approximate surface area is 74.1 Å². The van der Waals surface area contributed by atoms with Gasteiger partial charge in [-0.15, -0.1) is 11.7 Å². The normalized spacial score (nSPS) is 10.5. The first-order valence-corrected chi connectivity index (χ1v) is 3.73. The van der Waals surface area contributed by atoms with Crippen LogP contribution in [0.25, 0.3) is 11.2 Å². The average Bonchev–Trinajstić information content (AvgIpc) is 2.51. The zero-order chi connectivity index (χ0) is 9.26. The summed E-state index contributed by atoms with van der Waals surface area (Å²) in [7, 11) is 0. The lowest BCUT2D eigenvalue weighted by Gasteiger charge is -1.95. The van der Waals surface area contributed by atoms with Crippen LogP contribution >= 0.6 is 0 Å². The van der Waals surface area contributed by atoms with Gasteiger partial charge in [-0.05, 0) is 0 Å². The molecule has 0 spiro atoms. The molecule has 0 saturated carbocycles. The molecule has 0 saturated heterocycles. The van der Waals surface area contributed by atoms with E-state index in [9.17, 15) is 0 Å². The van der Waals surface area contributed by atoms with Gasteiger partial charge in [0.25, 0.3) is 0 Å². The minimum atomic E-state index is 0.348. The molecular formula is C7H8N6. The molecule has 0 radical (unpaired) electrons. The maximum absolute atomic E-state index is 5.57. The lowest BCUT2D eigenvalue weighted by atomic mass is 10.5. The predicted octanol–water partition coefficient (Wildman–Crippen LogP) is -0.0105. The van der Waals surface area contributed by atoms with Gasteiger partial charge in [0.15, 0.2) is 17.0 Å². The molecule has 0 aliphatic rings. The fraction of sp³-hybridized carbons (Fsp3) is 0.143. The van der Waals surface area contributed by atoms with Gasteiger partial charge < -0.3 is 5.73 Å². The molecule has 0 bridgehead atoms. The van der Waals surface area contributed by atoms with E-state index >= 15 is 0 Å². The second-order valence-electron chi connectivity index (χ2n) is 2.49. The van der Waals surface area contributed by atoms with E-state index in [1.54, 1.807) is 10.8 Å². The summed E-state index contributed by atoms with van der Waals surface area (Å²) in [5.41, 5.74) is 6.74. The smallest absolute Gasteiger partial charge is 0.184 e. The van der Waals surface area contributed by atoms with E-state index in [1.165, 1.54) is 6.33 Å². The molecule has 6 nitrogen and oxygen atoms in total. The molecule has 0 aliphatic heterocycles. The number of anilines is 1. The molecule has 13 heavy (non-hydrogen) atoms. The minimum absolute atomic E-state index is 0.348. The van der Waals surface area contributed by atoms with Crippen LogP contribution in [0.5, 0.6) is 0 Å². The van der Waals surface area contributed by atoms with E-state index in [0.29, 0.717) is 23.5 Å². The van der Waals surface area contributed by atoms with Crippen molar-refractivity contribution in [3.8, 4) is 0 Å². The summed E-state index contributed by atoms with van der Waals surface area (Å²) >= 11 is 0. The van der Waals surface area contributed by atoms with Crippen LogP contribution in [0.1, 0.15) is 0 Å². The number of fused-ring (bicyclic) bond motifs is 1. The monoisotopic (exact) mass is 176 g/mol. The molecule has 0 amide bonds.